The van der Waals surface area contributed by atoms with E-state index in [2.05, 4.69) is 10.3 Å². The Hall–Kier alpha value is -2.68. The fourth-order valence-electron chi connectivity index (χ4n) is 2.52. The molecule has 0 atom stereocenters. The number of nitrogens with one attached hydrogen (secondary N) is 1. The zero-order valence-corrected chi connectivity index (χ0v) is 13.5. The molecular formula is C15H16N4O4S. The van der Waals surface area contributed by atoms with Gasteiger partial charge >= 0.3 is 6.01 Å². The Labute approximate surface area is 141 Å². The largest absolute Gasteiger partial charge is 0.431 e. The molecule has 3 amide bonds. The van der Waals surface area contributed by atoms with Gasteiger partial charge in [-0.15, -0.1) is 0 Å². The van der Waals surface area contributed by atoms with E-state index in [-0.39, 0.29) is 35.3 Å². The average molecular weight is 348 g/mol. The molecule has 0 saturated carbocycles. The first kappa shape index (κ1) is 16.2. The van der Waals surface area contributed by atoms with E-state index < -0.39 is 0 Å². The number of nitrogens with zero attached hydrogens (tertiary/aromatic N) is 2. The van der Waals surface area contributed by atoms with Gasteiger partial charge in [-0.25, -0.2) is 0 Å². The van der Waals surface area contributed by atoms with Crippen LogP contribution >= 0.6 is 11.3 Å². The molecule has 1 saturated heterocycles. The Morgan fingerprint density at radius 3 is 2.71 bits per heavy atom. The number of hydrogen-bond acceptors (Lipinski definition) is 6. The highest BCUT2D eigenvalue weighted by Crippen LogP contribution is 2.19. The number of amides is 3. The first-order valence-corrected chi connectivity index (χ1v) is 8.36. The number of likely N-dealkylation sites (tertiary alicyclic amines) is 1. The lowest BCUT2D eigenvalue weighted by Crippen LogP contribution is -2.41. The Bertz CT molecular complexity index is 747. The smallest absolute Gasteiger partial charge is 0.302 e. The van der Waals surface area contributed by atoms with E-state index in [0.717, 1.165) is 0 Å². The van der Waals surface area contributed by atoms with Crippen molar-refractivity contribution in [3.05, 3.63) is 34.3 Å². The highest BCUT2D eigenvalue weighted by Gasteiger charge is 2.28. The summed E-state index contributed by atoms with van der Waals surface area (Å²) in [6.45, 7) is 0.881. The molecule has 2 aromatic heterocycles. The summed E-state index contributed by atoms with van der Waals surface area (Å²) < 4.78 is 5.14. The van der Waals surface area contributed by atoms with Gasteiger partial charge in [0.2, 0.25) is 5.91 Å². The standard InChI is InChI=1S/C15H16N4O4S/c16-12(20)9-1-4-19(5-2-9)14(22)11-7-23-15(17-11)18-13(21)10-3-6-24-8-10/h3,6-9H,1-2,4-5H2,(H2,16,20)(H,17,18,21). The molecule has 0 aliphatic carbocycles. The summed E-state index contributed by atoms with van der Waals surface area (Å²) in [7, 11) is 0. The second-order valence-corrected chi connectivity index (χ2v) is 6.25. The van der Waals surface area contributed by atoms with Crippen LogP contribution in [0.2, 0.25) is 0 Å². The minimum Gasteiger partial charge on any atom is -0.431 e. The van der Waals surface area contributed by atoms with Gasteiger partial charge in [-0.1, -0.05) is 0 Å². The molecule has 126 valence electrons. The van der Waals surface area contributed by atoms with E-state index in [1.54, 1.807) is 21.7 Å². The van der Waals surface area contributed by atoms with Gasteiger partial charge in [0.25, 0.3) is 11.8 Å². The first-order valence-electron chi connectivity index (χ1n) is 7.42. The van der Waals surface area contributed by atoms with Crippen molar-refractivity contribution in [3.8, 4) is 0 Å². The second-order valence-electron chi connectivity index (χ2n) is 5.47. The maximum atomic E-state index is 12.4. The molecule has 0 radical (unpaired) electrons. The van der Waals surface area contributed by atoms with Crippen LogP contribution in [0.1, 0.15) is 33.7 Å². The molecule has 9 heteroatoms. The molecule has 1 aliphatic heterocycles. The Morgan fingerprint density at radius 2 is 2.08 bits per heavy atom. The zero-order chi connectivity index (χ0) is 17.1. The van der Waals surface area contributed by atoms with Gasteiger partial charge in [0.05, 0.1) is 5.56 Å². The molecule has 8 nitrogen and oxygen atoms in total. The van der Waals surface area contributed by atoms with Crippen molar-refractivity contribution < 1.29 is 18.8 Å². The van der Waals surface area contributed by atoms with Gasteiger partial charge < -0.3 is 15.1 Å². The Morgan fingerprint density at radius 1 is 1.33 bits per heavy atom. The van der Waals surface area contributed by atoms with E-state index in [0.29, 0.717) is 31.5 Å². The average Bonchev–Trinajstić information content (AvgIpc) is 3.26. The number of thiophene rings is 1. The van der Waals surface area contributed by atoms with Crippen molar-refractivity contribution in [1.82, 2.24) is 9.88 Å². The maximum absolute atomic E-state index is 12.4. The topological polar surface area (TPSA) is 119 Å². The number of carbonyl (C=O) groups excluding carboxylic acids is 3. The molecule has 0 bridgehead atoms. The van der Waals surface area contributed by atoms with E-state index in [1.165, 1.54) is 17.6 Å². The summed E-state index contributed by atoms with van der Waals surface area (Å²) in [4.78, 5) is 41.1. The van der Waals surface area contributed by atoms with Crippen LogP contribution in [0.15, 0.2) is 27.5 Å². The van der Waals surface area contributed by atoms with Crippen LogP contribution in [-0.2, 0) is 4.79 Å². The van der Waals surface area contributed by atoms with Gasteiger partial charge in [0.15, 0.2) is 5.69 Å². The number of piperidine rings is 1. The summed E-state index contributed by atoms with van der Waals surface area (Å²) in [5.74, 6) is -1.16. The lowest BCUT2D eigenvalue weighted by molar-refractivity contribution is -0.123. The van der Waals surface area contributed by atoms with Crippen molar-refractivity contribution >= 4 is 35.1 Å². The fraction of sp³-hybridized carbons (Fsp3) is 0.333. The number of primary amides is 1. The van der Waals surface area contributed by atoms with Gasteiger partial charge in [-0.3, -0.25) is 19.7 Å². The van der Waals surface area contributed by atoms with Crippen LogP contribution in [-0.4, -0.2) is 40.7 Å². The minimum absolute atomic E-state index is 0.0263. The van der Waals surface area contributed by atoms with Crippen molar-refractivity contribution in [2.24, 2.45) is 11.7 Å². The predicted molar refractivity (Wildman–Crippen MR) is 86.6 cm³/mol. The van der Waals surface area contributed by atoms with Gasteiger partial charge in [0, 0.05) is 24.4 Å². The molecule has 0 unspecified atom stereocenters. The fourth-order valence-corrected chi connectivity index (χ4v) is 3.16. The Balaban J connectivity index is 1.60. The number of nitrogens with two attached hydrogens (primary N) is 1. The quantitative estimate of drug-likeness (QED) is 0.864. The van der Waals surface area contributed by atoms with Crippen LogP contribution < -0.4 is 11.1 Å². The van der Waals surface area contributed by atoms with Crippen LogP contribution in [0.4, 0.5) is 6.01 Å². The summed E-state index contributed by atoms with van der Waals surface area (Å²) in [6, 6.07) is 1.65. The Kier molecular flexibility index (Phi) is 4.61. The van der Waals surface area contributed by atoms with E-state index in [4.69, 9.17) is 10.2 Å². The molecule has 3 rings (SSSR count). The van der Waals surface area contributed by atoms with Crippen LogP contribution in [0.3, 0.4) is 0 Å². The monoisotopic (exact) mass is 348 g/mol. The van der Waals surface area contributed by atoms with Gasteiger partial charge in [0.1, 0.15) is 6.26 Å². The molecule has 1 aliphatic rings. The van der Waals surface area contributed by atoms with Crippen LogP contribution in [0.5, 0.6) is 0 Å². The molecule has 3 N–H and O–H groups in total. The number of carbonyl (C=O) groups is 3. The molecule has 0 spiro atoms. The van der Waals surface area contributed by atoms with Gasteiger partial charge in [-0.2, -0.15) is 16.3 Å². The lowest BCUT2D eigenvalue weighted by atomic mass is 9.96. The minimum atomic E-state index is -0.348. The number of anilines is 1. The highest BCUT2D eigenvalue weighted by atomic mass is 32.1. The number of rotatable bonds is 4. The molecular weight excluding hydrogens is 332 g/mol. The highest BCUT2D eigenvalue weighted by molar-refractivity contribution is 7.08. The van der Waals surface area contributed by atoms with Crippen molar-refractivity contribution in [2.45, 2.75) is 12.8 Å². The number of oxazole rings is 1. The molecule has 3 heterocycles. The van der Waals surface area contributed by atoms with Crippen LogP contribution in [0.25, 0.3) is 0 Å². The SMILES string of the molecule is NC(=O)C1CCN(C(=O)c2coc(NC(=O)c3ccsc3)n2)CC1. The normalized spacial score (nSPS) is 15.2. The molecule has 0 aromatic carbocycles. The second kappa shape index (κ2) is 6.83. The zero-order valence-electron chi connectivity index (χ0n) is 12.7. The summed E-state index contributed by atoms with van der Waals surface area (Å²) >= 11 is 1.40. The van der Waals surface area contributed by atoms with Crippen molar-refractivity contribution in [3.63, 3.8) is 0 Å². The number of aromatic nitrogens is 1. The lowest BCUT2D eigenvalue weighted by Gasteiger charge is -2.29. The first-order chi connectivity index (χ1) is 11.5. The van der Waals surface area contributed by atoms with Crippen molar-refractivity contribution in [1.29, 1.82) is 0 Å². The number of hydrogen-bond donors (Lipinski definition) is 2. The summed E-state index contributed by atoms with van der Waals surface area (Å²) in [6.07, 6.45) is 2.30. The molecule has 2 aromatic rings. The van der Waals surface area contributed by atoms with Crippen LogP contribution in [0, 0.1) is 5.92 Å². The summed E-state index contributed by atoms with van der Waals surface area (Å²) in [5.41, 5.74) is 5.90. The van der Waals surface area contributed by atoms with E-state index >= 15 is 0 Å². The third kappa shape index (κ3) is 3.46. The third-order valence-corrected chi connectivity index (χ3v) is 4.59. The predicted octanol–water partition coefficient (Wildman–Crippen LogP) is 1.33. The third-order valence-electron chi connectivity index (χ3n) is 3.91. The van der Waals surface area contributed by atoms with Crippen molar-refractivity contribution in [2.75, 3.05) is 18.4 Å². The van der Waals surface area contributed by atoms with E-state index in [9.17, 15) is 14.4 Å². The maximum Gasteiger partial charge on any atom is 0.302 e. The van der Waals surface area contributed by atoms with E-state index in [1.807, 2.05) is 0 Å². The van der Waals surface area contributed by atoms with Gasteiger partial charge in [-0.05, 0) is 24.3 Å². The molecule has 1 fully saturated rings. The summed E-state index contributed by atoms with van der Waals surface area (Å²) in [5, 5.41) is 5.99. The molecule has 24 heavy (non-hydrogen) atoms.